The van der Waals surface area contributed by atoms with Gasteiger partial charge in [0.2, 0.25) is 17.7 Å². The summed E-state index contributed by atoms with van der Waals surface area (Å²) in [5.74, 6) is 0.920. The van der Waals surface area contributed by atoms with Crippen molar-refractivity contribution in [1.29, 1.82) is 0 Å². The van der Waals surface area contributed by atoms with Gasteiger partial charge in [-0.1, -0.05) is 55.7 Å². The van der Waals surface area contributed by atoms with Crippen LogP contribution in [0.2, 0.25) is 0 Å². The molecule has 2 saturated heterocycles. The Morgan fingerprint density at radius 2 is 1.78 bits per heavy atom. The highest BCUT2D eigenvalue weighted by Gasteiger charge is 2.54. The standard InChI is InChI=1S/C26H30N2O3S/c29-23(27-13-12-19-7-4-5-8-20(19)17-27)15-26(21-9-2-1-3-10-21)16-24(30)28(25(26)31)18-22-11-6-14-32-22/h1-3,6,9-11,14,19-20H,4-5,7-8,12-13,15-18H2/t19-,20-,26+/m0/s1. The number of likely N-dealkylation sites (tertiary alicyclic amines) is 2. The lowest BCUT2D eigenvalue weighted by molar-refractivity contribution is -0.144. The van der Waals surface area contributed by atoms with Gasteiger partial charge >= 0.3 is 0 Å². The SMILES string of the molecule is O=C(C[C@]1(c2ccccc2)CC(=O)N(Cc2cccs2)C1=O)N1CC[C@@H]2CCCC[C@H]2C1. The summed E-state index contributed by atoms with van der Waals surface area (Å²) in [6.45, 7) is 1.85. The van der Waals surface area contributed by atoms with Gasteiger partial charge in [0.1, 0.15) is 0 Å². The van der Waals surface area contributed by atoms with Gasteiger partial charge in [-0.15, -0.1) is 11.3 Å². The van der Waals surface area contributed by atoms with Crippen LogP contribution >= 0.6 is 11.3 Å². The Morgan fingerprint density at radius 1 is 1.00 bits per heavy atom. The Balaban J connectivity index is 1.40. The maximum absolute atomic E-state index is 13.7. The second-order valence-corrected chi connectivity index (χ2v) is 10.6. The van der Waals surface area contributed by atoms with Crippen LogP contribution in [-0.4, -0.2) is 40.6 Å². The van der Waals surface area contributed by atoms with Gasteiger partial charge < -0.3 is 4.90 Å². The lowest BCUT2D eigenvalue weighted by atomic mass is 9.73. The van der Waals surface area contributed by atoms with Crippen molar-refractivity contribution in [3.8, 4) is 0 Å². The number of carbonyl (C=O) groups excluding carboxylic acids is 3. The molecule has 6 heteroatoms. The normalized spacial score (nSPS) is 28.1. The van der Waals surface area contributed by atoms with Crippen LogP contribution in [-0.2, 0) is 26.3 Å². The molecule has 1 aromatic heterocycles. The molecular weight excluding hydrogens is 420 g/mol. The number of fused-ring (bicyclic) bond motifs is 1. The van der Waals surface area contributed by atoms with Crippen LogP contribution in [0.4, 0.5) is 0 Å². The van der Waals surface area contributed by atoms with Gasteiger partial charge in [-0.25, -0.2) is 0 Å². The molecule has 3 atom stereocenters. The largest absolute Gasteiger partial charge is 0.342 e. The first-order valence-corrected chi connectivity index (χ1v) is 12.7. The first kappa shape index (κ1) is 21.4. The van der Waals surface area contributed by atoms with Crippen molar-refractivity contribution >= 4 is 29.1 Å². The lowest BCUT2D eigenvalue weighted by Crippen LogP contribution is -2.48. The average Bonchev–Trinajstić information content (AvgIpc) is 3.42. The fraction of sp³-hybridized carbons (Fsp3) is 0.500. The van der Waals surface area contributed by atoms with Crippen molar-refractivity contribution < 1.29 is 14.4 Å². The van der Waals surface area contributed by atoms with E-state index in [4.69, 9.17) is 0 Å². The second kappa shape index (κ2) is 8.81. The number of hydrogen-bond acceptors (Lipinski definition) is 4. The number of thiophene rings is 1. The molecule has 1 aliphatic carbocycles. The molecule has 5 rings (SSSR count). The third-order valence-corrected chi connectivity index (χ3v) is 8.59. The van der Waals surface area contributed by atoms with E-state index in [1.807, 2.05) is 52.7 Å². The van der Waals surface area contributed by atoms with E-state index in [1.165, 1.54) is 41.9 Å². The highest BCUT2D eigenvalue weighted by Crippen LogP contribution is 2.42. The topological polar surface area (TPSA) is 57.7 Å². The van der Waals surface area contributed by atoms with Crippen molar-refractivity contribution in [2.24, 2.45) is 11.8 Å². The molecule has 5 nitrogen and oxygen atoms in total. The minimum Gasteiger partial charge on any atom is -0.342 e. The molecule has 2 aliphatic heterocycles. The minimum absolute atomic E-state index is 0.0111. The summed E-state index contributed by atoms with van der Waals surface area (Å²) in [4.78, 5) is 44.6. The van der Waals surface area contributed by atoms with Crippen LogP contribution in [0.25, 0.3) is 0 Å². The van der Waals surface area contributed by atoms with Crippen molar-refractivity contribution in [2.75, 3.05) is 13.1 Å². The Hall–Kier alpha value is -2.47. The van der Waals surface area contributed by atoms with Crippen LogP contribution in [0, 0.1) is 11.8 Å². The third kappa shape index (κ3) is 3.90. The molecule has 0 N–H and O–H groups in total. The van der Waals surface area contributed by atoms with Gasteiger partial charge in [-0.05, 0) is 41.7 Å². The zero-order chi connectivity index (χ0) is 22.1. The maximum Gasteiger partial charge on any atom is 0.241 e. The Morgan fingerprint density at radius 3 is 2.53 bits per heavy atom. The molecular formula is C26H30N2O3S. The molecule has 0 radical (unpaired) electrons. The number of piperidine rings is 1. The van der Waals surface area contributed by atoms with Crippen molar-refractivity contribution in [3.63, 3.8) is 0 Å². The molecule has 3 fully saturated rings. The second-order valence-electron chi connectivity index (χ2n) is 9.60. The molecule has 0 spiro atoms. The van der Waals surface area contributed by atoms with E-state index < -0.39 is 5.41 Å². The number of imide groups is 1. The van der Waals surface area contributed by atoms with Gasteiger partial charge in [0, 0.05) is 30.8 Å². The van der Waals surface area contributed by atoms with E-state index in [9.17, 15) is 14.4 Å². The molecule has 3 heterocycles. The number of rotatable bonds is 5. The minimum atomic E-state index is -1.10. The van der Waals surface area contributed by atoms with Crippen LogP contribution in [0.1, 0.15) is 55.4 Å². The molecule has 3 aliphatic rings. The van der Waals surface area contributed by atoms with Gasteiger partial charge in [-0.2, -0.15) is 0 Å². The molecule has 1 saturated carbocycles. The van der Waals surface area contributed by atoms with E-state index in [-0.39, 0.29) is 37.1 Å². The highest BCUT2D eigenvalue weighted by atomic mass is 32.1. The van der Waals surface area contributed by atoms with Gasteiger partial charge in [0.25, 0.3) is 0 Å². The first-order valence-electron chi connectivity index (χ1n) is 11.8. The van der Waals surface area contributed by atoms with Crippen LogP contribution in [0.3, 0.4) is 0 Å². The van der Waals surface area contributed by atoms with E-state index in [2.05, 4.69) is 0 Å². The van der Waals surface area contributed by atoms with Gasteiger partial charge in [-0.3, -0.25) is 19.3 Å². The Kier molecular flexibility index (Phi) is 5.89. The number of nitrogens with zero attached hydrogens (tertiary/aromatic N) is 2. The summed E-state index contributed by atoms with van der Waals surface area (Å²) in [6.07, 6.45) is 6.24. The van der Waals surface area contributed by atoms with Crippen molar-refractivity contribution in [3.05, 3.63) is 58.3 Å². The smallest absolute Gasteiger partial charge is 0.241 e. The molecule has 1 aromatic carbocycles. The molecule has 2 aromatic rings. The Labute approximate surface area is 193 Å². The molecule has 3 amide bonds. The number of carbonyl (C=O) groups is 3. The summed E-state index contributed by atoms with van der Waals surface area (Å²) in [7, 11) is 0. The van der Waals surface area contributed by atoms with Gasteiger partial charge in [0.05, 0.1) is 12.0 Å². The van der Waals surface area contributed by atoms with E-state index in [0.717, 1.165) is 35.9 Å². The monoisotopic (exact) mass is 450 g/mol. The molecule has 32 heavy (non-hydrogen) atoms. The van der Waals surface area contributed by atoms with Crippen molar-refractivity contribution in [1.82, 2.24) is 9.80 Å². The Bertz CT molecular complexity index is 990. The molecule has 168 valence electrons. The highest BCUT2D eigenvalue weighted by molar-refractivity contribution is 7.09. The zero-order valence-corrected chi connectivity index (χ0v) is 19.2. The number of benzene rings is 1. The van der Waals surface area contributed by atoms with E-state index in [1.54, 1.807) is 0 Å². The predicted octanol–water partition coefficient (Wildman–Crippen LogP) is 4.37. The molecule has 0 bridgehead atoms. The summed E-state index contributed by atoms with van der Waals surface area (Å²) in [5, 5.41) is 1.95. The molecule has 0 unspecified atom stereocenters. The lowest BCUT2D eigenvalue weighted by Gasteiger charge is -2.42. The number of amides is 3. The summed E-state index contributed by atoms with van der Waals surface area (Å²) < 4.78 is 0. The van der Waals surface area contributed by atoms with Crippen LogP contribution in [0.5, 0.6) is 0 Å². The quantitative estimate of drug-likeness (QED) is 0.636. The van der Waals surface area contributed by atoms with Crippen LogP contribution in [0.15, 0.2) is 47.8 Å². The summed E-state index contributed by atoms with van der Waals surface area (Å²) in [5.41, 5.74) is -0.330. The first-order chi connectivity index (χ1) is 15.6. The fourth-order valence-corrected chi connectivity index (χ4v) is 6.63. The van der Waals surface area contributed by atoms with Gasteiger partial charge in [0.15, 0.2) is 0 Å². The van der Waals surface area contributed by atoms with E-state index >= 15 is 0 Å². The zero-order valence-electron chi connectivity index (χ0n) is 18.4. The van der Waals surface area contributed by atoms with Crippen LogP contribution < -0.4 is 0 Å². The van der Waals surface area contributed by atoms with E-state index in [0.29, 0.717) is 5.92 Å². The summed E-state index contributed by atoms with van der Waals surface area (Å²) in [6, 6.07) is 13.3. The maximum atomic E-state index is 13.7. The average molecular weight is 451 g/mol. The van der Waals surface area contributed by atoms with Crippen molar-refractivity contribution in [2.45, 2.75) is 56.9 Å². The third-order valence-electron chi connectivity index (χ3n) is 7.73. The fourth-order valence-electron chi connectivity index (χ4n) is 5.94. The predicted molar refractivity (Wildman–Crippen MR) is 124 cm³/mol. The summed E-state index contributed by atoms with van der Waals surface area (Å²) >= 11 is 1.54. The number of hydrogen-bond donors (Lipinski definition) is 0.